The predicted molar refractivity (Wildman–Crippen MR) is 110 cm³/mol. The highest BCUT2D eigenvalue weighted by Gasteiger charge is 2.33. The molecular weight excluding hydrogens is 335 g/mol. The Labute approximate surface area is 161 Å². The van der Waals surface area contributed by atoms with E-state index in [1.807, 2.05) is 6.08 Å². The van der Waals surface area contributed by atoms with Crippen LogP contribution in [0.3, 0.4) is 0 Å². The van der Waals surface area contributed by atoms with E-state index in [4.69, 9.17) is 5.73 Å². The van der Waals surface area contributed by atoms with Gasteiger partial charge in [0.2, 0.25) is 0 Å². The van der Waals surface area contributed by atoms with E-state index in [1.54, 1.807) is 6.08 Å². The maximum absolute atomic E-state index is 14.3. The minimum atomic E-state index is -0.181. The number of rotatable bonds is 4. The Balaban J connectivity index is 1.48. The van der Waals surface area contributed by atoms with Crippen LogP contribution in [0.4, 0.5) is 4.39 Å². The van der Waals surface area contributed by atoms with Gasteiger partial charge in [-0.1, -0.05) is 60.7 Å². The van der Waals surface area contributed by atoms with Crippen LogP contribution in [-0.4, -0.2) is 24.0 Å². The Bertz CT molecular complexity index is 754. The summed E-state index contributed by atoms with van der Waals surface area (Å²) in [5.41, 5.74) is 8.03. The number of hydrogen-bond acceptors (Lipinski definition) is 2. The van der Waals surface area contributed by atoms with Crippen LogP contribution in [0, 0.1) is 11.8 Å². The topological polar surface area (TPSA) is 29.3 Å². The standard InChI is InChI=1S/C24H29FN2/c25-22-17-21(26)11-12-23(22)27-15-13-20(14-16-27)24(18-7-3-1-4-8-18)19-9-5-2-6-10-19/h1-9,12,17,19-21,24H,10-11,13-16,26H2. The molecule has 1 saturated heterocycles. The molecule has 0 bridgehead atoms. The quantitative estimate of drug-likeness (QED) is 0.807. The molecule has 0 amide bonds. The van der Waals surface area contributed by atoms with Crippen LogP contribution in [-0.2, 0) is 0 Å². The van der Waals surface area contributed by atoms with Crippen LogP contribution in [0.15, 0.2) is 78.3 Å². The van der Waals surface area contributed by atoms with Gasteiger partial charge in [-0.2, -0.15) is 0 Å². The Morgan fingerprint density at radius 1 is 1.04 bits per heavy atom. The third-order valence-electron chi connectivity index (χ3n) is 6.24. The van der Waals surface area contributed by atoms with E-state index in [9.17, 15) is 4.39 Å². The second kappa shape index (κ2) is 8.26. The molecule has 1 fully saturated rings. The SMILES string of the molecule is NC1C=C(F)C(N2CCC(C(c3ccccc3)C3C=CC=CC3)CC2)=CC1. The number of benzene rings is 1. The number of likely N-dealkylation sites (tertiary alicyclic amines) is 1. The van der Waals surface area contributed by atoms with Gasteiger partial charge in [0.05, 0.1) is 5.70 Å². The molecule has 3 aliphatic rings. The molecular formula is C24H29FN2. The maximum atomic E-state index is 14.3. The van der Waals surface area contributed by atoms with Gasteiger partial charge in [-0.3, -0.25) is 0 Å². The Morgan fingerprint density at radius 3 is 2.48 bits per heavy atom. The first-order valence-electron chi connectivity index (χ1n) is 10.2. The van der Waals surface area contributed by atoms with Crippen molar-refractivity contribution >= 4 is 0 Å². The van der Waals surface area contributed by atoms with Crippen LogP contribution in [0.5, 0.6) is 0 Å². The lowest BCUT2D eigenvalue weighted by Gasteiger charge is -2.41. The number of halogens is 1. The monoisotopic (exact) mass is 364 g/mol. The third-order valence-corrected chi connectivity index (χ3v) is 6.24. The van der Waals surface area contributed by atoms with Crippen molar-refractivity contribution in [3.8, 4) is 0 Å². The summed E-state index contributed by atoms with van der Waals surface area (Å²) in [5, 5.41) is 0. The van der Waals surface area contributed by atoms with E-state index in [2.05, 4.69) is 59.5 Å². The van der Waals surface area contributed by atoms with Crippen LogP contribution >= 0.6 is 0 Å². The van der Waals surface area contributed by atoms with Crippen molar-refractivity contribution in [3.05, 3.63) is 83.9 Å². The molecule has 2 nitrogen and oxygen atoms in total. The minimum Gasteiger partial charge on any atom is -0.369 e. The lowest BCUT2D eigenvalue weighted by atomic mass is 9.71. The summed E-state index contributed by atoms with van der Waals surface area (Å²) in [4.78, 5) is 2.22. The average Bonchev–Trinajstić information content (AvgIpc) is 2.71. The highest BCUT2D eigenvalue weighted by molar-refractivity contribution is 5.31. The first-order chi connectivity index (χ1) is 13.2. The van der Waals surface area contributed by atoms with E-state index >= 15 is 0 Å². The number of piperidine rings is 1. The van der Waals surface area contributed by atoms with Gasteiger partial charge in [0, 0.05) is 19.1 Å². The highest BCUT2D eigenvalue weighted by Crippen LogP contribution is 2.42. The van der Waals surface area contributed by atoms with Gasteiger partial charge in [-0.05, 0) is 55.1 Å². The van der Waals surface area contributed by atoms with Crippen LogP contribution in [0.1, 0.15) is 37.2 Å². The van der Waals surface area contributed by atoms with Crippen molar-refractivity contribution in [2.24, 2.45) is 17.6 Å². The molecule has 3 unspecified atom stereocenters. The summed E-state index contributed by atoms with van der Waals surface area (Å²) in [7, 11) is 0. The predicted octanol–water partition coefficient (Wildman–Crippen LogP) is 5.08. The molecule has 0 radical (unpaired) electrons. The van der Waals surface area contributed by atoms with Crippen LogP contribution in [0.2, 0.25) is 0 Å². The molecule has 2 aliphatic carbocycles. The van der Waals surface area contributed by atoms with Gasteiger partial charge in [0.1, 0.15) is 5.83 Å². The molecule has 0 aromatic heterocycles. The molecule has 2 N–H and O–H groups in total. The van der Waals surface area contributed by atoms with Crippen molar-refractivity contribution < 1.29 is 4.39 Å². The molecule has 0 spiro atoms. The highest BCUT2D eigenvalue weighted by atomic mass is 19.1. The van der Waals surface area contributed by atoms with Crippen molar-refractivity contribution in [1.82, 2.24) is 4.90 Å². The normalized spacial score (nSPS) is 27.3. The van der Waals surface area contributed by atoms with E-state index in [-0.39, 0.29) is 11.9 Å². The van der Waals surface area contributed by atoms with Crippen molar-refractivity contribution in [1.29, 1.82) is 0 Å². The molecule has 27 heavy (non-hydrogen) atoms. The molecule has 1 aromatic rings. The van der Waals surface area contributed by atoms with E-state index in [0.717, 1.165) is 44.5 Å². The van der Waals surface area contributed by atoms with E-state index < -0.39 is 0 Å². The number of nitrogens with zero attached hydrogens (tertiary/aromatic N) is 1. The van der Waals surface area contributed by atoms with E-state index in [1.165, 1.54) is 5.56 Å². The first-order valence-corrected chi connectivity index (χ1v) is 10.2. The largest absolute Gasteiger partial charge is 0.369 e. The molecule has 0 saturated carbocycles. The minimum absolute atomic E-state index is 0.146. The molecule has 3 atom stereocenters. The fraction of sp³-hybridized carbons (Fsp3) is 0.417. The Kier molecular flexibility index (Phi) is 5.58. The van der Waals surface area contributed by atoms with Gasteiger partial charge < -0.3 is 10.6 Å². The number of hydrogen-bond donors (Lipinski definition) is 1. The Hall–Kier alpha value is -2.13. The zero-order valence-corrected chi connectivity index (χ0v) is 15.8. The second-order valence-corrected chi connectivity index (χ2v) is 7.98. The summed E-state index contributed by atoms with van der Waals surface area (Å²) in [6.45, 7) is 1.84. The lowest BCUT2D eigenvalue weighted by molar-refractivity contribution is 0.184. The van der Waals surface area contributed by atoms with Crippen LogP contribution < -0.4 is 5.73 Å². The van der Waals surface area contributed by atoms with Crippen molar-refractivity contribution in [2.75, 3.05) is 13.1 Å². The molecule has 4 rings (SSSR count). The first kappa shape index (κ1) is 18.2. The number of allylic oxidation sites excluding steroid dienone is 5. The average molecular weight is 365 g/mol. The fourth-order valence-electron chi connectivity index (χ4n) is 4.88. The zero-order valence-electron chi connectivity index (χ0n) is 15.8. The summed E-state index contributed by atoms with van der Waals surface area (Å²) < 4.78 is 14.3. The summed E-state index contributed by atoms with van der Waals surface area (Å²) >= 11 is 0. The van der Waals surface area contributed by atoms with Crippen molar-refractivity contribution in [2.45, 2.75) is 37.6 Å². The molecule has 1 aromatic carbocycles. The summed E-state index contributed by atoms with van der Waals surface area (Å²) in [6.07, 6.45) is 16.6. The number of nitrogens with two attached hydrogens (primary N) is 1. The smallest absolute Gasteiger partial charge is 0.143 e. The Morgan fingerprint density at radius 2 is 1.81 bits per heavy atom. The molecule has 1 aliphatic heterocycles. The van der Waals surface area contributed by atoms with E-state index in [0.29, 0.717) is 17.8 Å². The summed E-state index contributed by atoms with van der Waals surface area (Å²) in [5.74, 6) is 1.57. The molecule has 1 heterocycles. The van der Waals surface area contributed by atoms with Gasteiger partial charge in [0.25, 0.3) is 0 Å². The molecule has 142 valence electrons. The van der Waals surface area contributed by atoms with Crippen LogP contribution in [0.25, 0.3) is 0 Å². The van der Waals surface area contributed by atoms with Gasteiger partial charge >= 0.3 is 0 Å². The van der Waals surface area contributed by atoms with Gasteiger partial charge in [-0.15, -0.1) is 0 Å². The van der Waals surface area contributed by atoms with Crippen molar-refractivity contribution in [3.63, 3.8) is 0 Å². The third kappa shape index (κ3) is 4.08. The van der Waals surface area contributed by atoms with Gasteiger partial charge in [-0.25, -0.2) is 4.39 Å². The second-order valence-electron chi connectivity index (χ2n) is 7.98. The molecule has 3 heteroatoms. The zero-order chi connectivity index (χ0) is 18.6. The maximum Gasteiger partial charge on any atom is 0.143 e. The fourth-order valence-corrected chi connectivity index (χ4v) is 4.88. The van der Waals surface area contributed by atoms with Gasteiger partial charge in [0.15, 0.2) is 0 Å². The lowest BCUT2D eigenvalue weighted by Crippen LogP contribution is -2.37. The summed E-state index contributed by atoms with van der Waals surface area (Å²) in [6, 6.07) is 10.8.